The molecule has 5 nitrogen and oxygen atoms in total. The number of hydrogen-bond donors (Lipinski definition) is 1. The van der Waals surface area contributed by atoms with Gasteiger partial charge in [0.1, 0.15) is 6.07 Å². The summed E-state index contributed by atoms with van der Waals surface area (Å²) in [6.07, 6.45) is 0.960. The van der Waals surface area contributed by atoms with Gasteiger partial charge in [-0.05, 0) is 61.9 Å². The number of carbonyl (C=O) groups is 1. The highest BCUT2D eigenvalue weighted by molar-refractivity contribution is 5.94. The number of methoxy groups -OCH3 is 1. The van der Waals surface area contributed by atoms with Gasteiger partial charge in [-0.2, -0.15) is 5.26 Å². The Labute approximate surface area is 173 Å². The van der Waals surface area contributed by atoms with E-state index in [0.29, 0.717) is 17.5 Å². The van der Waals surface area contributed by atoms with E-state index in [9.17, 15) is 10.1 Å². The van der Waals surface area contributed by atoms with Crippen LogP contribution in [0.2, 0.25) is 0 Å². The Morgan fingerprint density at radius 1 is 1.24 bits per heavy atom. The van der Waals surface area contributed by atoms with Gasteiger partial charge < -0.3 is 15.0 Å². The number of piperidine rings is 1. The second-order valence-corrected chi connectivity index (χ2v) is 7.97. The lowest BCUT2D eigenvalue weighted by atomic mass is 9.91. The van der Waals surface area contributed by atoms with Gasteiger partial charge in [-0.15, -0.1) is 0 Å². The molecule has 0 radical (unpaired) electrons. The van der Waals surface area contributed by atoms with Gasteiger partial charge in [-0.25, -0.2) is 4.79 Å². The van der Waals surface area contributed by atoms with Crippen LogP contribution in [0.5, 0.6) is 0 Å². The van der Waals surface area contributed by atoms with Crippen molar-refractivity contribution in [1.82, 2.24) is 0 Å². The maximum atomic E-state index is 12.3. The quantitative estimate of drug-likeness (QED) is 0.772. The van der Waals surface area contributed by atoms with E-state index in [-0.39, 0.29) is 5.97 Å². The van der Waals surface area contributed by atoms with Crippen molar-refractivity contribution in [1.29, 1.82) is 5.26 Å². The van der Waals surface area contributed by atoms with Crippen molar-refractivity contribution in [3.8, 4) is 6.07 Å². The smallest absolute Gasteiger partial charge is 0.338 e. The number of esters is 1. The zero-order chi connectivity index (χ0) is 21.1. The number of aryl methyl sites for hydroxylation is 2. The molecule has 3 rings (SSSR count). The highest BCUT2D eigenvalue weighted by Crippen LogP contribution is 2.32. The Bertz CT molecular complexity index is 961. The van der Waals surface area contributed by atoms with Gasteiger partial charge in [0.05, 0.1) is 23.9 Å². The van der Waals surface area contributed by atoms with Crippen LogP contribution in [0.15, 0.2) is 30.3 Å². The van der Waals surface area contributed by atoms with Gasteiger partial charge >= 0.3 is 5.97 Å². The summed E-state index contributed by atoms with van der Waals surface area (Å²) in [6.45, 7) is 10.0. The first kappa shape index (κ1) is 20.7. The predicted molar refractivity (Wildman–Crippen MR) is 117 cm³/mol. The van der Waals surface area contributed by atoms with Crippen molar-refractivity contribution in [3.63, 3.8) is 0 Å². The molecule has 5 heteroatoms. The van der Waals surface area contributed by atoms with E-state index in [1.165, 1.54) is 7.11 Å². The van der Waals surface area contributed by atoms with E-state index in [0.717, 1.165) is 53.1 Å². The summed E-state index contributed by atoms with van der Waals surface area (Å²) in [6, 6.07) is 12.4. The number of benzene rings is 2. The molecule has 2 atom stereocenters. The molecule has 0 aromatic heterocycles. The second-order valence-electron chi connectivity index (χ2n) is 7.97. The lowest BCUT2D eigenvalue weighted by molar-refractivity contribution is 0.0599. The fourth-order valence-corrected chi connectivity index (χ4v) is 4.43. The summed E-state index contributed by atoms with van der Waals surface area (Å²) in [5.41, 5.74) is 6.42. The molecule has 0 amide bonds. The summed E-state index contributed by atoms with van der Waals surface area (Å²) in [5.74, 6) is 0.0937. The first-order valence-electron chi connectivity index (χ1n) is 10.1. The Kier molecular flexibility index (Phi) is 6.12. The summed E-state index contributed by atoms with van der Waals surface area (Å²) in [4.78, 5) is 14.6. The Balaban J connectivity index is 1.81. The zero-order valence-electron chi connectivity index (χ0n) is 17.9. The van der Waals surface area contributed by atoms with Gasteiger partial charge in [-0.3, -0.25) is 0 Å². The van der Waals surface area contributed by atoms with Gasteiger partial charge in [0.25, 0.3) is 0 Å². The second kappa shape index (κ2) is 8.57. The largest absolute Gasteiger partial charge is 0.465 e. The first-order chi connectivity index (χ1) is 13.9. The number of nitrogens with one attached hydrogen (secondary N) is 1. The van der Waals surface area contributed by atoms with Gasteiger partial charge in [0.2, 0.25) is 0 Å². The fourth-order valence-electron chi connectivity index (χ4n) is 4.43. The van der Waals surface area contributed by atoms with E-state index in [2.05, 4.69) is 30.1 Å². The molecule has 2 aromatic rings. The molecule has 1 heterocycles. The number of carbonyl (C=O) groups excluding carboxylic acids is 1. The van der Waals surface area contributed by atoms with E-state index >= 15 is 0 Å². The van der Waals surface area contributed by atoms with Gasteiger partial charge in [0.15, 0.2) is 0 Å². The Hall–Kier alpha value is -3.00. The molecule has 1 N–H and O–H groups in total. The summed E-state index contributed by atoms with van der Waals surface area (Å²) >= 11 is 0. The monoisotopic (exact) mass is 391 g/mol. The molecule has 0 bridgehead atoms. The van der Waals surface area contributed by atoms with Gasteiger partial charge in [-0.1, -0.05) is 25.1 Å². The molecule has 29 heavy (non-hydrogen) atoms. The van der Waals surface area contributed by atoms with Crippen LogP contribution in [0.4, 0.5) is 11.4 Å². The average molecular weight is 392 g/mol. The van der Waals surface area contributed by atoms with Crippen LogP contribution in [0.25, 0.3) is 0 Å². The van der Waals surface area contributed by atoms with Crippen molar-refractivity contribution < 1.29 is 9.53 Å². The normalized spacial score (nSPS) is 18.8. The summed E-state index contributed by atoms with van der Waals surface area (Å²) in [5, 5.41) is 13.1. The van der Waals surface area contributed by atoms with Crippen LogP contribution in [0, 0.1) is 38.0 Å². The number of anilines is 2. The van der Waals surface area contributed by atoms with Crippen LogP contribution in [0.1, 0.15) is 46.0 Å². The lowest BCUT2D eigenvalue weighted by Gasteiger charge is -2.40. The molecular weight excluding hydrogens is 362 g/mol. The number of nitrogens with zero attached hydrogens (tertiary/aromatic N) is 2. The molecule has 1 aliphatic rings. The third-order valence-corrected chi connectivity index (χ3v) is 5.96. The molecule has 2 unspecified atom stereocenters. The topological polar surface area (TPSA) is 65.4 Å². The van der Waals surface area contributed by atoms with Crippen molar-refractivity contribution in [2.24, 2.45) is 5.92 Å². The minimum Gasteiger partial charge on any atom is -0.465 e. The summed E-state index contributed by atoms with van der Waals surface area (Å²) in [7, 11) is 1.42. The van der Waals surface area contributed by atoms with E-state index in [1.807, 2.05) is 44.2 Å². The molecular formula is C24H29N3O2. The van der Waals surface area contributed by atoms with Gasteiger partial charge in [0, 0.05) is 24.8 Å². The maximum Gasteiger partial charge on any atom is 0.338 e. The molecule has 2 aromatic carbocycles. The minimum absolute atomic E-state index is 0.293. The van der Waals surface area contributed by atoms with Crippen molar-refractivity contribution in [3.05, 3.63) is 58.1 Å². The van der Waals surface area contributed by atoms with Crippen LogP contribution in [-0.2, 0) is 4.74 Å². The number of rotatable bonds is 4. The third-order valence-electron chi connectivity index (χ3n) is 5.96. The molecule has 0 saturated carbocycles. The number of ether oxygens (including phenoxy) is 1. The minimum atomic E-state index is -0.293. The molecule has 1 aliphatic heterocycles. The zero-order valence-corrected chi connectivity index (χ0v) is 17.9. The van der Waals surface area contributed by atoms with Crippen LogP contribution in [-0.4, -0.2) is 32.2 Å². The summed E-state index contributed by atoms with van der Waals surface area (Å²) < 4.78 is 4.99. The molecule has 1 saturated heterocycles. The predicted octanol–water partition coefficient (Wildman–Crippen LogP) is 4.60. The number of para-hydroxylation sites is 1. The van der Waals surface area contributed by atoms with Crippen LogP contribution >= 0.6 is 0 Å². The van der Waals surface area contributed by atoms with Crippen LogP contribution < -0.4 is 10.2 Å². The van der Waals surface area contributed by atoms with Crippen molar-refractivity contribution >= 4 is 17.3 Å². The Morgan fingerprint density at radius 2 is 1.97 bits per heavy atom. The van der Waals surface area contributed by atoms with E-state index in [4.69, 9.17) is 4.74 Å². The lowest BCUT2D eigenvalue weighted by Crippen LogP contribution is -2.45. The highest BCUT2D eigenvalue weighted by atomic mass is 16.5. The Morgan fingerprint density at radius 3 is 2.62 bits per heavy atom. The fraction of sp³-hybridized carbons (Fsp3) is 0.417. The maximum absolute atomic E-state index is 12.3. The number of nitriles is 1. The number of hydrogen-bond acceptors (Lipinski definition) is 5. The van der Waals surface area contributed by atoms with Crippen molar-refractivity contribution in [2.75, 3.05) is 30.4 Å². The van der Waals surface area contributed by atoms with E-state index < -0.39 is 0 Å². The highest BCUT2D eigenvalue weighted by Gasteiger charge is 2.28. The molecule has 0 spiro atoms. The van der Waals surface area contributed by atoms with E-state index in [1.54, 1.807) is 0 Å². The average Bonchev–Trinajstić information content (AvgIpc) is 2.71. The molecule has 0 aliphatic carbocycles. The molecule has 152 valence electrons. The van der Waals surface area contributed by atoms with Crippen molar-refractivity contribution in [2.45, 2.75) is 40.2 Å². The van der Waals surface area contributed by atoms with Crippen LogP contribution in [0.3, 0.4) is 0 Å². The molecule has 1 fully saturated rings. The standard InChI is InChI=1S/C24H29N3O2/c1-15-12-16(2)23(18(4)22(15)24(28)29-5)26-20-10-11-27(14-17(20)3)21-9-7-6-8-19(21)13-25/h6-9,12,17,20,26H,10-11,14H2,1-5H3. The SMILES string of the molecule is COC(=O)c1c(C)cc(C)c(NC2CCN(c3ccccc3C#N)CC2C)c1C. The first-order valence-corrected chi connectivity index (χ1v) is 10.1. The third kappa shape index (κ3) is 4.07.